The SMILES string of the molecule is CC(=O)N(c1ccccc1)c1nc(/C=N\Nc2nc(C)cc(=O)[nH]2)cs1. The molecule has 2 N–H and O–H groups in total. The molecule has 9 heteroatoms. The summed E-state index contributed by atoms with van der Waals surface area (Å²) in [7, 11) is 0. The number of anilines is 3. The average molecular weight is 368 g/mol. The number of carbonyl (C=O) groups is 1. The number of aromatic amines is 1. The summed E-state index contributed by atoms with van der Waals surface area (Å²) in [5.74, 6) is 0.116. The van der Waals surface area contributed by atoms with Gasteiger partial charge in [-0.3, -0.25) is 19.5 Å². The van der Waals surface area contributed by atoms with Crippen molar-refractivity contribution in [1.82, 2.24) is 15.0 Å². The van der Waals surface area contributed by atoms with Gasteiger partial charge in [0.25, 0.3) is 5.56 Å². The second-order valence-electron chi connectivity index (χ2n) is 5.35. The van der Waals surface area contributed by atoms with Gasteiger partial charge >= 0.3 is 0 Å². The molecule has 3 aromatic rings. The molecule has 1 amide bonds. The summed E-state index contributed by atoms with van der Waals surface area (Å²) in [5.41, 5.74) is 4.31. The Labute approximate surface area is 153 Å². The number of nitrogens with one attached hydrogen (secondary N) is 2. The Morgan fingerprint density at radius 2 is 2.08 bits per heavy atom. The number of aryl methyl sites for hydroxylation is 1. The molecule has 0 saturated heterocycles. The molecule has 132 valence electrons. The van der Waals surface area contributed by atoms with Crippen LogP contribution in [0.2, 0.25) is 0 Å². The normalized spacial score (nSPS) is 10.8. The van der Waals surface area contributed by atoms with Crippen LogP contribution < -0.4 is 15.9 Å². The van der Waals surface area contributed by atoms with Crippen molar-refractivity contribution >= 4 is 40.2 Å². The Morgan fingerprint density at radius 1 is 1.31 bits per heavy atom. The zero-order valence-electron chi connectivity index (χ0n) is 14.1. The second-order valence-corrected chi connectivity index (χ2v) is 6.19. The number of hydrogen-bond acceptors (Lipinski definition) is 7. The summed E-state index contributed by atoms with van der Waals surface area (Å²) >= 11 is 1.33. The van der Waals surface area contributed by atoms with Gasteiger partial charge in [-0.15, -0.1) is 11.3 Å². The van der Waals surface area contributed by atoms with E-state index in [0.29, 0.717) is 16.5 Å². The lowest BCUT2D eigenvalue weighted by atomic mass is 10.3. The minimum Gasteiger partial charge on any atom is -0.291 e. The number of H-pyrrole nitrogens is 1. The van der Waals surface area contributed by atoms with E-state index in [-0.39, 0.29) is 17.4 Å². The van der Waals surface area contributed by atoms with Crippen LogP contribution in [0.5, 0.6) is 0 Å². The third-order valence-electron chi connectivity index (χ3n) is 3.27. The minimum absolute atomic E-state index is 0.131. The largest absolute Gasteiger partial charge is 0.291 e. The molecule has 0 saturated carbocycles. The summed E-state index contributed by atoms with van der Waals surface area (Å²) in [5, 5.41) is 6.35. The average Bonchev–Trinajstić information content (AvgIpc) is 3.03. The molecule has 0 aliphatic heterocycles. The minimum atomic E-state index is -0.258. The second kappa shape index (κ2) is 7.70. The molecule has 0 unspecified atom stereocenters. The fraction of sp³-hybridized carbons (Fsp3) is 0.118. The molecule has 0 spiro atoms. The zero-order chi connectivity index (χ0) is 18.5. The lowest BCUT2D eigenvalue weighted by molar-refractivity contribution is -0.115. The predicted molar refractivity (Wildman–Crippen MR) is 102 cm³/mol. The summed E-state index contributed by atoms with van der Waals surface area (Å²) in [6.07, 6.45) is 1.49. The number of para-hydroxylation sites is 1. The van der Waals surface area contributed by atoms with E-state index >= 15 is 0 Å². The van der Waals surface area contributed by atoms with Gasteiger partial charge in [-0.05, 0) is 19.1 Å². The summed E-state index contributed by atoms with van der Waals surface area (Å²) < 4.78 is 0. The van der Waals surface area contributed by atoms with Crippen molar-refractivity contribution < 1.29 is 4.79 Å². The van der Waals surface area contributed by atoms with E-state index in [9.17, 15) is 9.59 Å². The standard InChI is InChI=1S/C17H16N6O2S/c1-11-8-15(25)21-16(19-11)22-18-9-13-10-26-17(20-13)23(12(2)24)14-6-4-3-5-7-14/h3-10H,1-2H3,(H2,19,21,22,25)/b18-9-. The van der Waals surface area contributed by atoms with Crippen LogP contribution in [0.25, 0.3) is 0 Å². The highest BCUT2D eigenvalue weighted by atomic mass is 32.1. The Kier molecular flexibility index (Phi) is 5.18. The number of aromatic nitrogens is 3. The number of hydrogen-bond donors (Lipinski definition) is 2. The highest BCUT2D eigenvalue weighted by Crippen LogP contribution is 2.28. The van der Waals surface area contributed by atoms with E-state index in [0.717, 1.165) is 5.69 Å². The maximum absolute atomic E-state index is 12.0. The lowest BCUT2D eigenvalue weighted by Gasteiger charge is -2.17. The molecule has 3 rings (SSSR count). The van der Waals surface area contributed by atoms with Crippen LogP contribution in [0.4, 0.5) is 16.8 Å². The predicted octanol–water partition coefficient (Wildman–Crippen LogP) is 2.67. The van der Waals surface area contributed by atoms with Gasteiger partial charge in [0.1, 0.15) is 0 Å². The first-order chi connectivity index (χ1) is 12.5. The van der Waals surface area contributed by atoms with Gasteiger partial charge in [0, 0.05) is 24.1 Å². The number of benzene rings is 1. The van der Waals surface area contributed by atoms with Crippen molar-refractivity contribution in [3.63, 3.8) is 0 Å². The fourth-order valence-corrected chi connectivity index (χ4v) is 3.07. The Morgan fingerprint density at radius 3 is 2.77 bits per heavy atom. The maximum Gasteiger partial charge on any atom is 0.252 e. The maximum atomic E-state index is 12.0. The summed E-state index contributed by atoms with van der Waals surface area (Å²) in [6, 6.07) is 10.7. The van der Waals surface area contributed by atoms with Crippen LogP contribution in [0.15, 0.2) is 51.7 Å². The fourth-order valence-electron chi connectivity index (χ4n) is 2.23. The van der Waals surface area contributed by atoms with E-state index in [1.807, 2.05) is 30.3 Å². The molecular weight excluding hydrogens is 352 g/mol. The summed E-state index contributed by atoms with van der Waals surface area (Å²) in [6.45, 7) is 3.21. The molecule has 0 fully saturated rings. The molecule has 0 aliphatic rings. The van der Waals surface area contributed by atoms with Crippen LogP contribution in [0, 0.1) is 6.92 Å². The van der Waals surface area contributed by atoms with E-state index in [1.54, 1.807) is 12.3 Å². The van der Waals surface area contributed by atoms with Crippen molar-refractivity contribution in [3.8, 4) is 0 Å². The van der Waals surface area contributed by atoms with Gasteiger partial charge in [-0.2, -0.15) is 5.10 Å². The van der Waals surface area contributed by atoms with Crippen molar-refractivity contribution in [2.24, 2.45) is 5.10 Å². The van der Waals surface area contributed by atoms with Crippen molar-refractivity contribution in [3.05, 3.63) is 63.5 Å². The first-order valence-corrected chi connectivity index (χ1v) is 8.59. The van der Waals surface area contributed by atoms with Gasteiger partial charge in [0.2, 0.25) is 11.9 Å². The van der Waals surface area contributed by atoms with Crippen molar-refractivity contribution in [1.29, 1.82) is 0 Å². The molecule has 1 aromatic carbocycles. The van der Waals surface area contributed by atoms with Crippen LogP contribution >= 0.6 is 11.3 Å². The molecular formula is C17H16N6O2S. The molecule has 8 nitrogen and oxygen atoms in total. The molecule has 0 bridgehead atoms. The van der Waals surface area contributed by atoms with Gasteiger partial charge in [-0.1, -0.05) is 18.2 Å². The number of nitrogens with zero attached hydrogens (tertiary/aromatic N) is 4. The zero-order valence-corrected chi connectivity index (χ0v) is 14.9. The van der Waals surface area contributed by atoms with Gasteiger partial charge < -0.3 is 0 Å². The number of thiazole rings is 1. The van der Waals surface area contributed by atoms with Crippen molar-refractivity contribution in [2.75, 3.05) is 10.3 Å². The molecule has 2 heterocycles. The number of carbonyl (C=O) groups excluding carboxylic acids is 1. The van der Waals surface area contributed by atoms with E-state index in [2.05, 4.69) is 25.5 Å². The van der Waals surface area contributed by atoms with Gasteiger partial charge in [0.15, 0.2) is 5.13 Å². The number of amides is 1. The Hall–Kier alpha value is -3.33. The molecule has 0 aliphatic carbocycles. The lowest BCUT2D eigenvalue weighted by Crippen LogP contribution is -2.22. The highest BCUT2D eigenvalue weighted by Gasteiger charge is 2.17. The first-order valence-electron chi connectivity index (χ1n) is 7.71. The first kappa shape index (κ1) is 17.5. The molecule has 0 atom stereocenters. The number of rotatable bonds is 5. The van der Waals surface area contributed by atoms with Gasteiger partial charge in [0.05, 0.1) is 17.6 Å². The third kappa shape index (κ3) is 4.19. The Bertz CT molecular complexity index is 996. The van der Waals surface area contributed by atoms with Gasteiger partial charge in [-0.25, -0.2) is 15.4 Å². The molecule has 2 aromatic heterocycles. The van der Waals surface area contributed by atoms with Crippen LogP contribution in [-0.2, 0) is 4.79 Å². The van der Waals surface area contributed by atoms with E-state index < -0.39 is 0 Å². The topological polar surface area (TPSA) is 103 Å². The van der Waals surface area contributed by atoms with E-state index in [1.165, 1.54) is 35.4 Å². The van der Waals surface area contributed by atoms with E-state index in [4.69, 9.17) is 0 Å². The quantitative estimate of drug-likeness (QED) is 0.532. The summed E-state index contributed by atoms with van der Waals surface area (Å²) in [4.78, 5) is 36.0. The Balaban J connectivity index is 1.76. The molecule has 26 heavy (non-hydrogen) atoms. The number of hydrazone groups is 1. The van der Waals surface area contributed by atoms with Crippen LogP contribution in [0.3, 0.4) is 0 Å². The third-order valence-corrected chi connectivity index (χ3v) is 4.11. The van der Waals surface area contributed by atoms with Crippen LogP contribution in [0.1, 0.15) is 18.3 Å². The van der Waals surface area contributed by atoms with Crippen LogP contribution in [-0.4, -0.2) is 27.1 Å². The monoisotopic (exact) mass is 368 g/mol. The molecule has 0 radical (unpaired) electrons. The smallest absolute Gasteiger partial charge is 0.252 e. The van der Waals surface area contributed by atoms with Crippen molar-refractivity contribution in [2.45, 2.75) is 13.8 Å². The highest BCUT2D eigenvalue weighted by molar-refractivity contribution is 7.14.